The molecule has 35 heavy (non-hydrogen) atoms. The van der Waals surface area contributed by atoms with Crippen LogP contribution in [-0.2, 0) is 10.0 Å². The van der Waals surface area contributed by atoms with Gasteiger partial charge in [-0.15, -0.1) is 11.3 Å². The summed E-state index contributed by atoms with van der Waals surface area (Å²) in [7, 11) is -3.76. The molecule has 1 aromatic heterocycles. The van der Waals surface area contributed by atoms with Gasteiger partial charge < -0.3 is 10.6 Å². The van der Waals surface area contributed by atoms with Gasteiger partial charge in [0.05, 0.1) is 20.5 Å². The van der Waals surface area contributed by atoms with Gasteiger partial charge in [0.2, 0.25) is 0 Å². The van der Waals surface area contributed by atoms with Crippen LogP contribution in [0.25, 0.3) is 0 Å². The number of thiophene rings is 1. The zero-order valence-electron chi connectivity index (χ0n) is 18.6. The van der Waals surface area contributed by atoms with Crippen LogP contribution in [0.5, 0.6) is 0 Å². The molecule has 0 fully saturated rings. The van der Waals surface area contributed by atoms with Gasteiger partial charge in [0, 0.05) is 24.2 Å². The van der Waals surface area contributed by atoms with Crippen molar-refractivity contribution in [2.75, 3.05) is 17.2 Å². The predicted octanol–water partition coefficient (Wildman–Crippen LogP) is 5.16. The summed E-state index contributed by atoms with van der Waals surface area (Å²) in [5, 5.41) is 7.52. The van der Waals surface area contributed by atoms with E-state index in [1.807, 2.05) is 0 Å². The third-order valence-electron chi connectivity index (χ3n) is 5.27. The van der Waals surface area contributed by atoms with Gasteiger partial charge in [0.15, 0.2) is 0 Å². The number of benzene rings is 2. The lowest BCUT2D eigenvalue weighted by Crippen LogP contribution is -2.30. The summed E-state index contributed by atoms with van der Waals surface area (Å²) in [5.74, 6) is -0.279. The molecule has 182 valence electrons. The van der Waals surface area contributed by atoms with Crippen LogP contribution >= 0.6 is 22.9 Å². The summed E-state index contributed by atoms with van der Waals surface area (Å²) in [6.45, 7) is 0.618. The number of nitrogens with zero attached hydrogens (tertiary/aromatic N) is 1. The number of halogens is 1. The lowest BCUT2D eigenvalue weighted by molar-refractivity contribution is 0.101. The SMILES string of the molecule is O=C(Nc1ccc(S(=O)(=O)NC2=NCCCCC2)cc1)c1ccc(Cl)c(NC(=O)c2cccs2)c1. The van der Waals surface area contributed by atoms with Crippen LogP contribution in [0.4, 0.5) is 11.4 Å². The van der Waals surface area contributed by atoms with Crippen molar-refractivity contribution < 1.29 is 18.0 Å². The van der Waals surface area contributed by atoms with Gasteiger partial charge in [-0.3, -0.25) is 19.3 Å². The summed E-state index contributed by atoms with van der Waals surface area (Å²) < 4.78 is 27.9. The van der Waals surface area contributed by atoms with Gasteiger partial charge in [-0.2, -0.15) is 0 Å². The normalized spacial score (nSPS) is 13.9. The van der Waals surface area contributed by atoms with Crippen molar-refractivity contribution in [1.82, 2.24) is 4.72 Å². The first-order valence-corrected chi connectivity index (χ1v) is 13.7. The molecule has 8 nitrogen and oxygen atoms in total. The van der Waals surface area contributed by atoms with Gasteiger partial charge in [-0.1, -0.05) is 24.1 Å². The molecule has 0 saturated carbocycles. The average molecular weight is 531 g/mol. The molecule has 2 heterocycles. The minimum Gasteiger partial charge on any atom is -0.322 e. The second kappa shape index (κ2) is 11.0. The first-order chi connectivity index (χ1) is 16.8. The molecule has 3 aromatic rings. The molecular weight excluding hydrogens is 508 g/mol. The van der Waals surface area contributed by atoms with Crippen molar-refractivity contribution >= 4 is 62.0 Å². The van der Waals surface area contributed by atoms with E-state index in [1.165, 1.54) is 53.8 Å². The third-order valence-corrected chi connectivity index (χ3v) is 7.87. The highest BCUT2D eigenvalue weighted by Crippen LogP contribution is 2.25. The third kappa shape index (κ3) is 6.47. The highest BCUT2D eigenvalue weighted by atomic mass is 35.5. The number of hydrogen-bond donors (Lipinski definition) is 3. The van der Waals surface area contributed by atoms with Crippen LogP contribution < -0.4 is 15.4 Å². The number of amidine groups is 1. The largest absolute Gasteiger partial charge is 0.322 e. The maximum atomic E-state index is 12.8. The number of amides is 2. The van der Waals surface area contributed by atoms with Crippen molar-refractivity contribution in [2.24, 2.45) is 4.99 Å². The number of rotatable bonds is 6. The van der Waals surface area contributed by atoms with Gasteiger partial charge in [-0.25, -0.2) is 8.42 Å². The fraction of sp³-hybridized carbons (Fsp3) is 0.208. The van der Waals surface area contributed by atoms with E-state index in [0.29, 0.717) is 40.1 Å². The summed E-state index contributed by atoms with van der Waals surface area (Å²) in [4.78, 5) is 30.0. The minimum atomic E-state index is -3.76. The van der Waals surface area contributed by atoms with E-state index in [4.69, 9.17) is 11.6 Å². The molecule has 0 atom stereocenters. The van der Waals surface area contributed by atoms with E-state index in [2.05, 4.69) is 20.3 Å². The molecule has 1 aliphatic rings. The number of nitrogens with one attached hydrogen (secondary N) is 3. The molecule has 0 spiro atoms. The Morgan fingerprint density at radius 1 is 0.943 bits per heavy atom. The monoisotopic (exact) mass is 530 g/mol. The maximum absolute atomic E-state index is 12.8. The Hall–Kier alpha value is -3.21. The quantitative estimate of drug-likeness (QED) is 0.408. The van der Waals surface area contributed by atoms with Gasteiger partial charge in [0.25, 0.3) is 21.8 Å². The van der Waals surface area contributed by atoms with E-state index in [0.717, 1.165) is 19.3 Å². The fourth-order valence-corrected chi connectivity index (χ4v) is 5.32. The van der Waals surface area contributed by atoms with Gasteiger partial charge >= 0.3 is 0 Å². The van der Waals surface area contributed by atoms with Crippen LogP contribution in [0.1, 0.15) is 45.7 Å². The van der Waals surface area contributed by atoms with E-state index < -0.39 is 15.9 Å². The van der Waals surface area contributed by atoms with E-state index in [9.17, 15) is 18.0 Å². The lowest BCUT2D eigenvalue weighted by atomic mass is 10.1. The standard InChI is InChI=1S/C24H23ClN4O4S2/c25-19-12-7-16(15-20(19)28-24(31)21-5-4-14-34-21)23(30)27-17-8-10-18(11-9-17)35(32,33)29-22-6-2-1-3-13-26-22/h4-5,7-12,14-15H,1-3,6,13H2,(H,26,29)(H,27,30)(H,28,31). The topological polar surface area (TPSA) is 117 Å². The molecule has 1 aliphatic heterocycles. The van der Waals surface area contributed by atoms with Gasteiger partial charge in [0.1, 0.15) is 5.84 Å². The predicted molar refractivity (Wildman–Crippen MR) is 139 cm³/mol. The molecule has 0 aliphatic carbocycles. The molecule has 3 N–H and O–H groups in total. The van der Waals surface area contributed by atoms with Crippen LogP contribution in [-0.4, -0.2) is 32.6 Å². The number of carbonyl (C=O) groups excluding carboxylic acids is 2. The van der Waals surface area contributed by atoms with Crippen molar-refractivity contribution in [3.05, 3.63) is 75.4 Å². The molecular formula is C24H23ClN4O4S2. The zero-order chi connectivity index (χ0) is 24.8. The Labute approximate surface area is 212 Å². The number of sulfonamides is 1. The molecule has 2 amide bonds. The van der Waals surface area contributed by atoms with E-state index in [-0.39, 0.29) is 16.4 Å². The molecule has 11 heteroatoms. The number of carbonyl (C=O) groups is 2. The summed E-state index contributed by atoms with van der Waals surface area (Å²) in [6, 6.07) is 13.9. The van der Waals surface area contributed by atoms with Crippen LogP contribution in [0.2, 0.25) is 5.02 Å². The lowest BCUT2D eigenvalue weighted by Gasteiger charge is -2.11. The molecule has 2 aromatic carbocycles. The highest BCUT2D eigenvalue weighted by Gasteiger charge is 2.18. The Morgan fingerprint density at radius 3 is 2.49 bits per heavy atom. The van der Waals surface area contributed by atoms with Crippen LogP contribution in [0.15, 0.2) is 69.9 Å². The average Bonchev–Trinajstić information content (AvgIpc) is 3.26. The Kier molecular flexibility index (Phi) is 7.84. The first-order valence-electron chi connectivity index (χ1n) is 10.9. The zero-order valence-corrected chi connectivity index (χ0v) is 21.0. The highest BCUT2D eigenvalue weighted by molar-refractivity contribution is 7.90. The van der Waals surface area contributed by atoms with Crippen LogP contribution in [0, 0.1) is 0 Å². The summed E-state index contributed by atoms with van der Waals surface area (Å²) >= 11 is 7.48. The van der Waals surface area contributed by atoms with Crippen molar-refractivity contribution in [3.63, 3.8) is 0 Å². The summed E-state index contributed by atoms with van der Waals surface area (Å²) in [6.07, 6.45) is 3.48. The minimum absolute atomic E-state index is 0.0764. The van der Waals surface area contributed by atoms with Crippen molar-refractivity contribution in [2.45, 2.75) is 30.6 Å². The number of aliphatic imine (C=N–C) groups is 1. The van der Waals surface area contributed by atoms with E-state index >= 15 is 0 Å². The molecule has 0 bridgehead atoms. The first kappa shape index (κ1) is 24.9. The second-order valence-electron chi connectivity index (χ2n) is 7.85. The maximum Gasteiger partial charge on any atom is 0.265 e. The summed E-state index contributed by atoms with van der Waals surface area (Å²) in [5.41, 5.74) is 1.01. The fourth-order valence-electron chi connectivity index (χ4n) is 3.45. The van der Waals surface area contributed by atoms with Crippen molar-refractivity contribution in [1.29, 1.82) is 0 Å². The Balaban J connectivity index is 1.42. The smallest absolute Gasteiger partial charge is 0.265 e. The Morgan fingerprint density at radius 2 is 1.74 bits per heavy atom. The molecule has 0 unspecified atom stereocenters. The number of anilines is 2. The van der Waals surface area contributed by atoms with Crippen LogP contribution in [0.3, 0.4) is 0 Å². The van der Waals surface area contributed by atoms with Gasteiger partial charge in [-0.05, 0) is 66.8 Å². The van der Waals surface area contributed by atoms with Crippen molar-refractivity contribution in [3.8, 4) is 0 Å². The molecule has 0 saturated heterocycles. The van der Waals surface area contributed by atoms with E-state index in [1.54, 1.807) is 17.5 Å². The Bertz CT molecular complexity index is 1350. The second-order valence-corrected chi connectivity index (χ2v) is 10.9. The molecule has 4 rings (SSSR count). The molecule has 0 radical (unpaired) electrons. The number of hydrogen-bond acceptors (Lipinski definition) is 6.